The second-order valence-electron chi connectivity index (χ2n) is 19.8. The Morgan fingerprint density at radius 3 is 0.873 bits per heavy atom. The van der Waals surface area contributed by atoms with E-state index in [1.54, 1.807) is 0 Å². The fraction of sp³-hybridized carbons (Fsp3) is 0.548. The maximum atomic E-state index is 12.9. The molecule has 0 aliphatic carbocycles. The number of carbonyl (C=O) groups is 3. The second-order valence-corrected chi connectivity index (χ2v) is 19.8. The molecule has 0 bridgehead atoms. The zero-order valence-corrected chi connectivity index (χ0v) is 50.3. The Morgan fingerprint density at radius 1 is 0.266 bits per heavy atom. The summed E-state index contributed by atoms with van der Waals surface area (Å²) in [5.74, 6) is -1.08. The van der Waals surface area contributed by atoms with Crippen LogP contribution in [0.15, 0.2) is 182 Å². The molecule has 0 spiro atoms. The molecule has 0 aromatic carbocycles. The molecule has 1 unspecified atom stereocenters. The number of ether oxygens (including phenoxy) is 3. The van der Waals surface area contributed by atoms with Crippen LogP contribution in [0.5, 0.6) is 0 Å². The Balaban J connectivity index is 4.54. The molecular formula is C73H112O6. The van der Waals surface area contributed by atoms with Crippen LogP contribution < -0.4 is 0 Å². The summed E-state index contributed by atoms with van der Waals surface area (Å²) in [5.41, 5.74) is 0. The summed E-state index contributed by atoms with van der Waals surface area (Å²) in [5, 5.41) is 0. The zero-order chi connectivity index (χ0) is 57.1. The maximum Gasteiger partial charge on any atom is 0.306 e. The van der Waals surface area contributed by atoms with E-state index in [1.807, 2.05) is 12.2 Å². The van der Waals surface area contributed by atoms with Gasteiger partial charge in [0.15, 0.2) is 6.10 Å². The Labute approximate surface area is 484 Å². The zero-order valence-electron chi connectivity index (χ0n) is 50.3. The van der Waals surface area contributed by atoms with Crippen LogP contribution >= 0.6 is 0 Å². The first-order valence-corrected chi connectivity index (χ1v) is 31.3. The highest BCUT2D eigenvalue weighted by Crippen LogP contribution is 2.12. The summed E-state index contributed by atoms with van der Waals surface area (Å²) in [7, 11) is 0. The Kier molecular flexibility index (Phi) is 60.5. The van der Waals surface area contributed by atoms with Gasteiger partial charge in [0.05, 0.1) is 0 Å². The van der Waals surface area contributed by atoms with Crippen LogP contribution in [0.1, 0.15) is 239 Å². The van der Waals surface area contributed by atoms with Gasteiger partial charge in [0.1, 0.15) is 13.2 Å². The summed E-state index contributed by atoms with van der Waals surface area (Å²) in [6.07, 6.45) is 97.7. The molecule has 0 heterocycles. The van der Waals surface area contributed by atoms with E-state index in [0.29, 0.717) is 12.8 Å². The lowest BCUT2D eigenvalue weighted by molar-refractivity contribution is -0.166. The van der Waals surface area contributed by atoms with E-state index < -0.39 is 6.10 Å². The molecule has 0 aromatic heterocycles. The van der Waals surface area contributed by atoms with E-state index in [9.17, 15) is 14.4 Å². The third-order valence-corrected chi connectivity index (χ3v) is 12.4. The fourth-order valence-corrected chi connectivity index (χ4v) is 7.77. The van der Waals surface area contributed by atoms with E-state index in [-0.39, 0.29) is 50.4 Å². The van der Waals surface area contributed by atoms with Crippen LogP contribution in [-0.2, 0) is 28.6 Å². The highest BCUT2D eigenvalue weighted by atomic mass is 16.6. The number of hydrogen-bond donors (Lipinski definition) is 0. The smallest absolute Gasteiger partial charge is 0.306 e. The molecule has 440 valence electrons. The van der Waals surface area contributed by atoms with Crippen molar-refractivity contribution in [3.05, 3.63) is 182 Å². The van der Waals surface area contributed by atoms with Crippen LogP contribution in [0.4, 0.5) is 0 Å². The minimum Gasteiger partial charge on any atom is -0.462 e. The van der Waals surface area contributed by atoms with Crippen molar-refractivity contribution < 1.29 is 28.6 Å². The van der Waals surface area contributed by atoms with E-state index in [4.69, 9.17) is 14.2 Å². The van der Waals surface area contributed by atoms with Crippen molar-refractivity contribution in [2.24, 2.45) is 0 Å². The minimum atomic E-state index is -0.844. The van der Waals surface area contributed by atoms with Gasteiger partial charge in [-0.15, -0.1) is 0 Å². The Bertz CT molecular complexity index is 1870. The number of unbranched alkanes of at least 4 members (excludes halogenated alkanes) is 13. The van der Waals surface area contributed by atoms with Crippen LogP contribution in [0.2, 0.25) is 0 Å². The third-order valence-electron chi connectivity index (χ3n) is 12.4. The molecule has 0 aliphatic heterocycles. The summed E-state index contributed by atoms with van der Waals surface area (Å²) >= 11 is 0. The SMILES string of the molecule is CC/C=C\C/C=C\C/C=C\C/C=C\C/C=C\C/C=C\C/C=C\C/C=C\CCCCC(=O)OCC(COC(=O)CC/C=C\C/C=C\C/C=C\C/C=C\CC)OC(=O)CCCCCCCC/C=C\C/C=C\C/C=C\CCCCCCC. The largest absolute Gasteiger partial charge is 0.462 e. The van der Waals surface area contributed by atoms with Crippen molar-refractivity contribution in [1.82, 2.24) is 0 Å². The first kappa shape index (κ1) is 73.5. The summed E-state index contributed by atoms with van der Waals surface area (Å²) in [4.78, 5) is 38.2. The van der Waals surface area contributed by atoms with Crippen LogP contribution in [0, 0.1) is 0 Å². The van der Waals surface area contributed by atoms with Crippen molar-refractivity contribution in [2.45, 2.75) is 245 Å². The van der Waals surface area contributed by atoms with E-state index >= 15 is 0 Å². The molecule has 0 fully saturated rings. The van der Waals surface area contributed by atoms with Gasteiger partial charge < -0.3 is 14.2 Å². The molecule has 0 aliphatic rings. The minimum absolute atomic E-state index is 0.138. The van der Waals surface area contributed by atoms with Gasteiger partial charge in [0.25, 0.3) is 0 Å². The Morgan fingerprint density at radius 2 is 0.519 bits per heavy atom. The number of rotatable bonds is 54. The first-order chi connectivity index (χ1) is 39.0. The van der Waals surface area contributed by atoms with Gasteiger partial charge in [-0.3, -0.25) is 14.4 Å². The molecule has 0 rings (SSSR count). The average molecular weight is 1090 g/mol. The van der Waals surface area contributed by atoms with Gasteiger partial charge >= 0.3 is 17.9 Å². The molecule has 0 saturated heterocycles. The van der Waals surface area contributed by atoms with Gasteiger partial charge in [-0.2, -0.15) is 0 Å². The molecular weight excluding hydrogens is 973 g/mol. The summed E-state index contributed by atoms with van der Waals surface area (Å²) in [6, 6.07) is 0. The topological polar surface area (TPSA) is 78.9 Å². The van der Waals surface area contributed by atoms with E-state index in [0.717, 1.165) is 135 Å². The van der Waals surface area contributed by atoms with Crippen LogP contribution in [0.3, 0.4) is 0 Å². The van der Waals surface area contributed by atoms with E-state index in [2.05, 4.69) is 191 Å². The predicted octanol–water partition coefficient (Wildman–Crippen LogP) is 21.7. The van der Waals surface area contributed by atoms with Gasteiger partial charge in [-0.1, -0.05) is 254 Å². The van der Waals surface area contributed by atoms with Gasteiger partial charge in [0, 0.05) is 19.3 Å². The summed E-state index contributed by atoms with van der Waals surface area (Å²) in [6.45, 7) is 6.27. The number of hydrogen-bond acceptors (Lipinski definition) is 6. The maximum absolute atomic E-state index is 12.9. The van der Waals surface area contributed by atoms with Crippen molar-refractivity contribution >= 4 is 17.9 Å². The normalized spacial score (nSPS) is 13.4. The van der Waals surface area contributed by atoms with Gasteiger partial charge in [-0.05, 0) is 148 Å². The average Bonchev–Trinajstić information content (AvgIpc) is 3.45. The van der Waals surface area contributed by atoms with E-state index in [1.165, 1.54) is 51.4 Å². The lowest BCUT2D eigenvalue weighted by atomic mass is 10.1. The highest BCUT2D eigenvalue weighted by Gasteiger charge is 2.19. The molecule has 0 radical (unpaired) electrons. The first-order valence-electron chi connectivity index (χ1n) is 31.3. The van der Waals surface area contributed by atoms with Crippen molar-refractivity contribution in [2.75, 3.05) is 13.2 Å². The van der Waals surface area contributed by atoms with Crippen LogP contribution in [-0.4, -0.2) is 37.2 Å². The van der Waals surface area contributed by atoms with Crippen LogP contribution in [0.25, 0.3) is 0 Å². The third kappa shape index (κ3) is 63.2. The molecule has 79 heavy (non-hydrogen) atoms. The lowest BCUT2D eigenvalue weighted by Gasteiger charge is -2.18. The quantitative estimate of drug-likeness (QED) is 0.0261. The lowest BCUT2D eigenvalue weighted by Crippen LogP contribution is -2.30. The molecule has 0 amide bonds. The van der Waals surface area contributed by atoms with Gasteiger partial charge in [0.2, 0.25) is 0 Å². The molecule has 0 aromatic rings. The van der Waals surface area contributed by atoms with Gasteiger partial charge in [-0.25, -0.2) is 0 Å². The van der Waals surface area contributed by atoms with Crippen molar-refractivity contribution in [3.8, 4) is 0 Å². The molecule has 1 atom stereocenters. The predicted molar refractivity (Wildman–Crippen MR) is 343 cm³/mol. The number of allylic oxidation sites excluding steroid dienone is 30. The standard InChI is InChI=1S/C73H112O6/c1-4-7-10-13-16-19-22-25-27-29-31-33-34-35-36-37-38-40-41-43-45-48-51-54-57-60-63-66-72(75)78-69-70(68-77-71(74)65-62-59-56-53-50-47-24-21-18-15-12-9-6-3)79-73(76)67-64-61-58-55-52-49-46-44-42-39-32-30-28-26-23-20-17-14-11-8-5-2/h7,9-10,12,16,18-19,21,23,25-27,30-33,35-36,38,40,42-45,47,50-51,54,56,59,70H,4-6,8,11,13-15,17,20,22,24,28-29,34,37,39,41,46,48-49,52-53,55,57-58,60-69H2,1-3H3/b10-7-,12-9-,19-16-,21-18-,26-23-,27-25-,32-30-,33-31-,36-35-,40-38-,44-42-,45-43-,50-47-,54-51-,59-56-. The highest BCUT2D eigenvalue weighted by molar-refractivity contribution is 5.71. The fourth-order valence-electron chi connectivity index (χ4n) is 7.77. The number of esters is 3. The monoisotopic (exact) mass is 1080 g/mol. The molecule has 6 nitrogen and oxygen atoms in total. The Hall–Kier alpha value is -5.49. The molecule has 6 heteroatoms. The molecule has 0 N–H and O–H groups in total. The molecule has 0 saturated carbocycles. The summed E-state index contributed by atoms with van der Waals surface area (Å²) < 4.78 is 16.8. The second kappa shape index (κ2) is 65.0. The number of carbonyl (C=O) groups excluding carboxylic acids is 3. The van der Waals surface area contributed by atoms with Crippen molar-refractivity contribution in [1.29, 1.82) is 0 Å². The van der Waals surface area contributed by atoms with Crippen molar-refractivity contribution in [3.63, 3.8) is 0 Å².